The summed E-state index contributed by atoms with van der Waals surface area (Å²) >= 11 is 1.39. The van der Waals surface area contributed by atoms with Crippen molar-refractivity contribution in [2.45, 2.75) is 20.4 Å². The molecule has 122 valence electrons. The number of halogens is 1. The molecule has 2 amide bonds. The molecule has 2 rings (SSSR count). The Morgan fingerprint density at radius 3 is 2.78 bits per heavy atom. The third-order valence-corrected chi connectivity index (χ3v) is 3.73. The summed E-state index contributed by atoms with van der Waals surface area (Å²) in [4.78, 5) is 27.9. The summed E-state index contributed by atoms with van der Waals surface area (Å²) in [6, 6.07) is 3.70. The summed E-state index contributed by atoms with van der Waals surface area (Å²) in [6.45, 7) is 4.11. The van der Waals surface area contributed by atoms with Crippen LogP contribution in [0.2, 0.25) is 0 Å². The molecule has 0 radical (unpaired) electrons. The van der Waals surface area contributed by atoms with Crippen LogP contribution in [0, 0.1) is 12.7 Å². The van der Waals surface area contributed by atoms with Gasteiger partial charge in [0.1, 0.15) is 16.6 Å². The SMILES string of the molecule is CCOc1ccc(F)cc1NC(=O)C(=O)NCc1nc(C)cs1. The number of hydrogen-bond donors (Lipinski definition) is 2. The molecule has 0 fully saturated rings. The first-order valence-electron chi connectivity index (χ1n) is 6.92. The second-order valence-electron chi connectivity index (χ2n) is 4.59. The van der Waals surface area contributed by atoms with Gasteiger partial charge in [-0.05, 0) is 26.0 Å². The lowest BCUT2D eigenvalue weighted by Crippen LogP contribution is -2.35. The van der Waals surface area contributed by atoms with Gasteiger partial charge in [-0.15, -0.1) is 11.3 Å². The average molecular weight is 337 g/mol. The van der Waals surface area contributed by atoms with Crippen LogP contribution < -0.4 is 15.4 Å². The van der Waals surface area contributed by atoms with Crippen LogP contribution in [-0.4, -0.2) is 23.4 Å². The van der Waals surface area contributed by atoms with Crippen molar-refractivity contribution < 1.29 is 18.7 Å². The minimum Gasteiger partial charge on any atom is -0.492 e. The van der Waals surface area contributed by atoms with E-state index in [0.29, 0.717) is 17.4 Å². The highest BCUT2D eigenvalue weighted by Gasteiger charge is 2.16. The van der Waals surface area contributed by atoms with E-state index in [1.165, 1.54) is 23.5 Å². The molecule has 0 aliphatic rings. The summed E-state index contributed by atoms with van der Waals surface area (Å²) in [5.74, 6) is -1.97. The van der Waals surface area contributed by atoms with Crippen LogP contribution in [0.4, 0.5) is 10.1 Å². The second-order valence-corrected chi connectivity index (χ2v) is 5.54. The topological polar surface area (TPSA) is 80.3 Å². The monoisotopic (exact) mass is 337 g/mol. The third-order valence-electron chi connectivity index (χ3n) is 2.76. The summed E-state index contributed by atoms with van der Waals surface area (Å²) in [5.41, 5.74) is 0.960. The number of amides is 2. The van der Waals surface area contributed by atoms with E-state index < -0.39 is 17.6 Å². The van der Waals surface area contributed by atoms with Crippen molar-refractivity contribution in [1.82, 2.24) is 10.3 Å². The smallest absolute Gasteiger partial charge is 0.313 e. The zero-order valence-electron chi connectivity index (χ0n) is 12.7. The van der Waals surface area contributed by atoms with Gasteiger partial charge in [-0.25, -0.2) is 9.37 Å². The molecular formula is C15H16FN3O3S. The van der Waals surface area contributed by atoms with Gasteiger partial charge in [0.25, 0.3) is 0 Å². The molecule has 8 heteroatoms. The Balaban J connectivity index is 1.97. The van der Waals surface area contributed by atoms with Crippen molar-refractivity contribution in [3.8, 4) is 5.75 Å². The molecule has 1 heterocycles. The predicted molar refractivity (Wildman–Crippen MR) is 84.9 cm³/mol. The van der Waals surface area contributed by atoms with Crippen LogP contribution in [0.5, 0.6) is 5.75 Å². The predicted octanol–water partition coefficient (Wildman–Crippen LogP) is 2.24. The maximum absolute atomic E-state index is 13.3. The fourth-order valence-corrected chi connectivity index (χ4v) is 2.49. The molecule has 0 unspecified atom stereocenters. The first-order chi connectivity index (χ1) is 11.0. The summed E-state index contributed by atoms with van der Waals surface area (Å²) < 4.78 is 18.6. The van der Waals surface area contributed by atoms with E-state index in [0.717, 1.165) is 11.8 Å². The maximum atomic E-state index is 13.3. The lowest BCUT2D eigenvalue weighted by atomic mass is 10.2. The zero-order valence-corrected chi connectivity index (χ0v) is 13.5. The molecule has 0 bridgehead atoms. The highest BCUT2D eigenvalue weighted by molar-refractivity contribution is 7.09. The first kappa shape index (κ1) is 16.9. The van der Waals surface area contributed by atoms with Gasteiger partial charge >= 0.3 is 11.8 Å². The van der Waals surface area contributed by atoms with Gasteiger partial charge in [0.2, 0.25) is 0 Å². The maximum Gasteiger partial charge on any atom is 0.313 e. The molecule has 0 aliphatic heterocycles. The molecule has 0 atom stereocenters. The molecule has 0 saturated heterocycles. The second kappa shape index (κ2) is 7.68. The van der Waals surface area contributed by atoms with Crippen molar-refractivity contribution >= 4 is 28.8 Å². The number of thiazole rings is 1. The van der Waals surface area contributed by atoms with Crippen LogP contribution in [0.3, 0.4) is 0 Å². The molecule has 2 N–H and O–H groups in total. The van der Waals surface area contributed by atoms with Crippen LogP contribution in [0.15, 0.2) is 23.6 Å². The number of rotatable bonds is 5. The number of hydrogen-bond acceptors (Lipinski definition) is 5. The van der Waals surface area contributed by atoms with E-state index >= 15 is 0 Å². The van der Waals surface area contributed by atoms with Crippen molar-refractivity contribution in [2.75, 3.05) is 11.9 Å². The van der Waals surface area contributed by atoms with E-state index in [2.05, 4.69) is 15.6 Å². The Hall–Kier alpha value is -2.48. The van der Waals surface area contributed by atoms with Crippen LogP contribution >= 0.6 is 11.3 Å². The first-order valence-corrected chi connectivity index (χ1v) is 7.80. The van der Waals surface area contributed by atoms with Gasteiger partial charge in [-0.1, -0.05) is 0 Å². The van der Waals surface area contributed by atoms with Gasteiger partial charge in [0.15, 0.2) is 0 Å². The minimum absolute atomic E-state index is 0.108. The number of nitrogens with zero attached hydrogens (tertiary/aromatic N) is 1. The number of ether oxygens (including phenoxy) is 1. The van der Waals surface area contributed by atoms with Gasteiger partial charge in [-0.3, -0.25) is 9.59 Å². The van der Waals surface area contributed by atoms with Crippen LogP contribution in [0.1, 0.15) is 17.6 Å². The Morgan fingerprint density at radius 1 is 1.35 bits per heavy atom. The fourth-order valence-electron chi connectivity index (χ4n) is 1.78. The normalized spacial score (nSPS) is 10.2. The van der Waals surface area contributed by atoms with E-state index in [9.17, 15) is 14.0 Å². The van der Waals surface area contributed by atoms with Crippen LogP contribution in [-0.2, 0) is 16.1 Å². The van der Waals surface area contributed by atoms with Gasteiger partial charge in [-0.2, -0.15) is 0 Å². The highest BCUT2D eigenvalue weighted by Crippen LogP contribution is 2.25. The summed E-state index contributed by atoms with van der Waals surface area (Å²) in [7, 11) is 0. The van der Waals surface area contributed by atoms with Crippen molar-refractivity contribution in [3.05, 3.63) is 40.1 Å². The number of carbonyl (C=O) groups is 2. The average Bonchev–Trinajstić information content (AvgIpc) is 2.93. The standard InChI is InChI=1S/C15H16FN3O3S/c1-3-22-12-5-4-10(16)6-11(12)19-15(21)14(20)17-7-13-18-9(2)8-23-13/h4-6,8H,3,7H2,1-2H3,(H,17,20)(H,19,21). The number of aryl methyl sites for hydroxylation is 1. The van der Waals surface area contributed by atoms with Crippen molar-refractivity contribution in [3.63, 3.8) is 0 Å². The number of aromatic nitrogens is 1. The molecule has 6 nitrogen and oxygen atoms in total. The summed E-state index contributed by atoms with van der Waals surface area (Å²) in [5, 5.41) is 7.35. The Bertz CT molecular complexity index is 718. The number of nitrogens with one attached hydrogen (secondary N) is 2. The minimum atomic E-state index is -0.898. The molecule has 1 aromatic carbocycles. The van der Waals surface area contributed by atoms with Crippen molar-refractivity contribution in [1.29, 1.82) is 0 Å². The Morgan fingerprint density at radius 2 is 2.13 bits per heavy atom. The zero-order chi connectivity index (χ0) is 16.8. The lowest BCUT2D eigenvalue weighted by Gasteiger charge is -2.11. The molecule has 23 heavy (non-hydrogen) atoms. The fraction of sp³-hybridized carbons (Fsp3) is 0.267. The lowest BCUT2D eigenvalue weighted by molar-refractivity contribution is -0.136. The quantitative estimate of drug-likeness (QED) is 0.820. The molecule has 0 spiro atoms. The molecule has 0 aliphatic carbocycles. The summed E-state index contributed by atoms with van der Waals surface area (Å²) in [6.07, 6.45) is 0. The van der Waals surface area contributed by atoms with Gasteiger partial charge < -0.3 is 15.4 Å². The van der Waals surface area contributed by atoms with E-state index in [4.69, 9.17) is 4.74 Å². The molecule has 1 aromatic heterocycles. The molecular weight excluding hydrogens is 321 g/mol. The highest BCUT2D eigenvalue weighted by atomic mass is 32.1. The van der Waals surface area contributed by atoms with Gasteiger partial charge in [0, 0.05) is 17.1 Å². The Labute approximate surface area is 136 Å². The number of anilines is 1. The number of benzene rings is 1. The Kier molecular flexibility index (Phi) is 5.64. The van der Waals surface area contributed by atoms with E-state index in [1.807, 2.05) is 12.3 Å². The third kappa shape index (κ3) is 4.75. The molecule has 0 saturated carbocycles. The van der Waals surface area contributed by atoms with E-state index in [1.54, 1.807) is 6.92 Å². The molecule has 2 aromatic rings. The largest absolute Gasteiger partial charge is 0.492 e. The van der Waals surface area contributed by atoms with Gasteiger partial charge in [0.05, 0.1) is 18.8 Å². The van der Waals surface area contributed by atoms with E-state index in [-0.39, 0.29) is 12.2 Å². The van der Waals surface area contributed by atoms with Crippen molar-refractivity contribution in [2.24, 2.45) is 0 Å². The number of carbonyl (C=O) groups excluding carboxylic acids is 2. The van der Waals surface area contributed by atoms with Crippen LogP contribution in [0.25, 0.3) is 0 Å².